The van der Waals surface area contributed by atoms with Gasteiger partial charge in [0.05, 0.1) is 16.1 Å². The second kappa shape index (κ2) is 7.87. The lowest BCUT2D eigenvalue weighted by atomic mass is 10.1. The highest BCUT2D eigenvalue weighted by Gasteiger charge is 2.31. The SMILES string of the molecule is O=C(c1ccnc(-c2cccs2)c1)N1CCN(c2cccc(C(F)(F)F)c2)CC1. The van der Waals surface area contributed by atoms with Crippen molar-refractivity contribution in [2.45, 2.75) is 6.18 Å². The predicted molar refractivity (Wildman–Crippen MR) is 107 cm³/mol. The molecule has 4 nitrogen and oxygen atoms in total. The topological polar surface area (TPSA) is 36.4 Å². The summed E-state index contributed by atoms with van der Waals surface area (Å²) in [5, 5.41) is 1.96. The van der Waals surface area contributed by atoms with E-state index in [4.69, 9.17) is 0 Å². The molecule has 2 aromatic heterocycles. The molecule has 1 fully saturated rings. The molecule has 29 heavy (non-hydrogen) atoms. The number of hydrogen-bond acceptors (Lipinski definition) is 4. The van der Waals surface area contributed by atoms with Gasteiger partial charge < -0.3 is 9.80 Å². The van der Waals surface area contributed by atoms with E-state index in [1.54, 1.807) is 40.6 Å². The third-order valence-electron chi connectivity index (χ3n) is 4.89. The van der Waals surface area contributed by atoms with E-state index in [1.807, 2.05) is 22.4 Å². The molecule has 1 aromatic carbocycles. The van der Waals surface area contributed by atoms with Crippen LogP contribution in [0.15, 0.2) is 60.1 Å². The average molecular weight is 417 g/mol. The number of rotatable bonds is 3. The van der Waals surface area contributed by atoms with E-state index in [1.165, 1.54) is 6.07 Å². The van der Waals surface area contributed by atoms with Crippen LogP contribution in [-0.4, -0.2) is 42.0 Å². The van der Waals surface area contributed by atoms with Crippen molar-refractivity contribution < 1.29 is 18.0 Å². The normalized spacial score (nSPS) is 14.9. The molecule has 8 heteroatoms. The van der Waals surface area contributed by atoms with Crippen LogP contribution in [0.3, 0.4) is 0 Å². The van der Waals surface area contributed by atoms with Crippen LogP contribution in [-0.2, 0) is 6.18 Å². The Bertz CT molecular complexity index is 996. The number of halogens is 3. The first kappa shape index (κ1) is 19.4. The predicted octanol–water partition coefficient (Wildman–Crippen LogP) is 4.79. The Labute approximate surface area is 170 Å². The van der Waals surface area contributed by atoms with Crippen molar-refractivity contribution in [3.63, 3.8) is 0 Å². The second-order valence-corrected chi connectivity index (χ2v) is 7.68. The summed E-state index contributed by atoms with van der Waals surface area (Å²) in [5.74, 6) is -0.0890. The third-order valence-corrected chi connectivity index (χ3v) is 5.78. The highest BCUT2D eigenvalue weighted by Crippen LogP contribution is 2.32. The molecule has 1 saturated heterocycles. The number of piperazine rings is 1. The van der Waals surface area contributed by atoms with Gasteiger partial charge in [-0.05, 0) is 41.8 Å². The molecule has 1 aliphatic heterocycles. The number of carbonyl (C=O) groups is 1. The quantitative estimate of drug-likeness (QED) is 0.615. The number of hydrogen-bond donors (Lipinski definition) is 0. The monoisotopic (exact) mass is 417 g/mol. The summed E-state index contributed by atoms with van der Waals surface area (Å²) in [4.78, 5) is 21.8. The van der Waals surface area contributed by atoms with E-state index in [2.05, 4.69) is 4.98 Å². The first-order chi connectivity index (χ1) is 13.9. The van der Waals surface area contributed by atoms with E-state index in [0.717, 1.165) is 22.7 Å². The number of nitrogens with zero attached hydrogens (tertiary/aromatic N) is 3. The molecule has 0 N–H and O–H groups in total. The number of thiophene rings is 1. The molecule has 3 heterocycles. The maximum absolute atomic E-state index is 12.9. The summed E-state index contributed by atoms with van der Waals surface area (Å²) in [6.07, 6.45) is -2.74. The summed E-state index contributed by atoms with van der Waals surface area (Å²) in [5.41, 5.74) is 1.19. The zero-order chi connectivity index (χ0) is 20.4. The first-order valence-electron chi connectivity index (χ1n) is 9.13. The number of anilines is 1. The molecule has 0 radical (unpaired) electrons. The number of alkyl halides is 3. The van der Waals surface area contributed by atoms with Crippen LogP contribution < -0.4 is 4.90 Å². The number of carbonyl (C=O) groups excluding carboxylic acids is 1. The van der Waals surface area contributed by atoms with Gasteiger partial charge in [-0.2, -0.15) is 13.2 Å². The maximum atomic E-state index is 12.9. The van der Waals surface area contributed by atoms with Crippen molar-refractivity contribution >= 4 is 22.9 Å². The average Bonchev–Trinajstić information content (AvgIpc) is 3.28. The summed E-state index contributed by atoms with van der Waals surface area (Å²) < 4.78 is 38.8. The van der Waals surface area contributed by atoms with Crippen molar-refractivity contribution in [1.82, 2.24) is 9.88 Å². The minimum atomic E-state index is -4.37. The van der Waals surface area contributed by atoms with Crippen LogP contribution in [0, 0.1) is 0 Å². The summed E-state index contributed by atoms with van der Waals surface area (Å²) in [7, 11) is 0. The molecule has 4 rings (SSSR count). The summed E-state index contributed by atoms with van der Waals surface area (Å²) in [6.45, 7) is 1.86. The van der Waals surface area contributed by atoms with E-state index in [-0.39, 0.29) is 5.91 Å². The highest BCUT2D eigenvalue weighted by atomic mass is 32.1. The third kappa shape index (κ3) is 4.27. The molecule has 0 bridgehead atoms. The molecule has 3 aromatic rings. The maximum Gasteiger partial charge on any atom is 0.416 e. The van der Waals surface area contributed by atoms with Gasteiger partial charge in [0.2, 0.25) is 0 Å². The van der Waals surface area contributed by atoms with Crippen LogP contribution in [0.5, 0.6) is 0 Å². The summed E-state index contributed by atoms with van der Waals surface area (Å²) >= 11 is 1.56. The zero-order valence-electron chi connectivity index (χ0n) is 15.4. The zero-order valence-corrected chi connectivity index (χ0v) is 16.2. The number of pyridine rings is 1. The van der Waals surface area contributed by atoms with Crippen molar-refractivity contribution in [2.75, 3.05) is 31.1 Å². The molecule has 0 unspecified atom stereocenters. The number of benzene rings is 1. The van der Waals surface area contributed by atoms with Gasteiger partial charge in [-0.3, -0.25) is 9.78 Å². The second-order valence-electron chi connectivity index (χ2n) is 6.73. The Morgan fingerprint density at radius 3 is 2.48 bits per heavy atom. The molecule has 1 amide bonds. The smallest absolute Gasteiger partial charge is 0.368 e. The van der Waals surface area contributed by atoms with Gasteiger partial charge >= 0.3 is 6.18 Å². The van der Waals surface area contributed by atoms with Gasteiger partial charge in [0, 0.05) is 43.6 Å². The van der Waals surface area contributed by atoms with Gasteiger partial charge in [0.1, 0.15) is 0 Å². The van der Waals surface area contributed by atoms with Crippen LogP contribution in [0.4, 0.5) is 18.9 Å². The van der Waals surface area contributed by atoms with E-state index >= 15 is 0 Å². The number of aromatic nitrogens is 1. The molecule has 1 aliphatic rings. The van der Waals surface area contributed by atoms with Gasteiger partial charge in [0.25, 0.3) is 5.91 Å². The van der Waals surface area contributed by atoms with Crippen LogP contribution in [0.25, 0.3) is 10.6 Å². The van der Waals surface area contributed by atoms with Gasteiger partial charge in [0.15, 0.2) is 0 Å². The van der Waals surface area contributed by atoms with Crippen molar-refractivity contribution in [3.05, 3.63) is 71.2 Å². The largest absolute Gasteiger partial charge is 0.416 e. The van der Waals surface area contributed by atoms with Crippen molar-refractivity contribution in [3.8, 4) is 10.6 Å². The Morgan fingerprint density at radius 1 is 1.00 bits per heavy atom. The van der Waals surface area contributed by atoms with Crippen LogP contribution in [0.2, 0.25) is 0 Å². The lowest BCUT2D eigenvalue weighted by Crippen LogP contribution is -2.48. The first-order valence-corrected chi connectivity index (χ1v) is 10.0. The molecule has 0 saturated carbocycles. The van der Waals surface area contributed by atoms with Crippen molar-refractivity contribution in [1.29, 1.82) is 0 Å². The number of amides is 1. The van der Waals surface area contributed by atoms with E-state index < -0.39 is 11.7 Å². The fraction of sp³-hybridized carbons (Fsp3) is 0.238. The molecule has 150 valence electrons. The minimum Gasteiger partial charge on any atom is -0.368 e. The lowest BCUT2D eigenvalue weighted by Gasteiger charge is -2.36. The van der Waals surface area contributed by atoms with Crippen LogP contribution in [0.1, 0.15) is 15.9 Å². The van der Waals surface area contributed by atoms with Gasteiger partial charge in [-0.25, -0.2) is 0 Å². The Morgan fingerprint density at radius 2 is 1.79 bits per heavy atom. The van der Waals surface area contributed by atoms with Crippen LogP contribution >= 0.6 is 11.3 Å². The fourth-order valence-corrected chi connectivity index (χ4v) is 4.05. The van der Waals surface area contributed by atoms with Gasteiger partial charge in [-0.15, -0.1) is 11.3 Å². The van der Waals surface area contributed by atoms with E-state index in [9.17, 15) is 18.0 Å². The lowest BCUT2D eigenvalue weighted by molar-refractivity contribution is -0.137. The van der Waals surface area contributed by atoms with Gasteiger partial charge in [-0.1, -0.05) is 12.1 Å². The van der Waals surface area contributed by atoms with Crippen molar-refractivity contribution in [2.24, 2.45) is 0 Å². The minimum absolute atomic E-state index is 0.0890. The molecular formula is C21H18F3N3OS. The summed E-state index contributed by atoms with van der Waals surface area (Å²) in [6, 6.07) is 12.7. The highest BCUT2D eigenvalue weighted by molar-refractivity contribution is 7.13. The molecule has 0 spiro atoms. The molecule has 0 atom stereocenters. The Hall–Kier alpha value is -2.87. The van der Waals surface area contributed by atoms with E-state index in [0.29, 0.717) is 37.4 Å². The Kier molecular flexibility index (Phi) is 5.27. The standard InChI is InChI=1S/C21H18F3N3OS/c22-21(23,24)16-3-1-4-17(14-16)26-8-10-27(11-9-26)20(28)15-6-7-25-18(13-15)19-5-2-12-29-19/h1-7,12-14H,8-11H2. The fourth-order valence-electron chi connectivity index (χ4n) is 3.35. The Balaban J connectivity index is 1.44. The molecular weight excluding hydrogens is 399 g/mol. The molecule has 0 aliphatic carbocycles.